The Bertz CT molecular complexity index is 1470. The van der Waals surface area contributed by atoms with E-state index in [4.69, 9.17) is 10.5 Å². The fourth-order valence-corrected chi connectivity index (χ4v) is 4.39. The van der Waals surface area contributed by atoms with Gasteiger partial charge in [-0.3, -0.25) is 4.68 Å². The summed E-state index contributed by atoms with van der Waals surface area (Å²) in [5.41, 5.74) is 15.9. The number of anilines is 1. The number of nitrogen functional groups attached to an aromatic ring is 1. The zero-order valence-electron chi connectivity index (χ0n) is 17.9. The van der Waals surface area contributed by atoms with E-state index >= 15 is 0 Å². The highest BCUT2D eigenvalue weighted by Crippen LogP contribution is 2.41. The molecule has 0 radical (unpaired) electrons. The number of hydrogen-bond acceptors (Lipinski definition) is 3. The van der Waals surface area contributed by atoms with Gasteiger partial charge in [0.2, 0.25) is 0 Å². The largest absolute Gasteiger partial charge is 0.452 e. The van der Waals surface area contributed by atoms with E-state index in [0.717, 1.165) is 44.1 Å². The molecule has 0 aliphatic heterocycles. The zero-order valence-corrected chi connectivity index (χ0v) is 17.9. The molecule has 0 saturated heterocycles. The van der Waals surface area contributed by atoms with Crippen LogP contribution in [0, 0.1) is 6.92 Å². The lowest BCUT2D eigenvalue weighted by Crippen LogP contribution is -2.23. The van der Waals surface area contributed by atoms with Crippen LogP contribution in [0.5, 0.6) is 0 Å². The summed E-state index contributed by atoms with van der Waals surface area (Å²) in [5.74, 6) is 0. The fourth-order valence-electron chi connectivity index (χ4n) is 4.39. The summed E-state index contributed by atoms with van der Waals surface area (Å²) in [5, 5.41) is 3.24. The Morgan fingerprint density at radius 1 is 0.906 bits per heavy atom. The molecule has 158 valence electrons. The Morgan fingerprint density at radius 3 is 2.41 bits per heavy atom. The van der Waals surface area contributed by atoms with Crippen molar-refractivity contribution in [2.24, 2.45) is 0 Å². The molecule has 4 aromatic carbocycles. The van der Waals surface area contributed by atoms with Gasteiger partial charge in [-0.1, -0.05) is 66.7 Å². The lowest BCUT2D eigenvalue weighted by Gasteiger charge is -2.10. The van der Waals surface area contributed by atoms with Crippen molar-refractivity contribution in [1.29, 1.82) is 0 Å². The van der Waals surface area contributed by atoms with Crippen molar-refractivity contribution >= 4 is 33.5 Å². The van der Waals surface area contributed by atoms with E-state index in [1.165, 1.54) is 12.7 Å². The third-order valence-electron chi connectivity index (χ3n) is 5.91. The third kappa shape index (κ3) is 3.15. The molecule has 0 atom stereocenters. The molecule has 1 aromatic heterocycles. The van der Waals surface area contributed by atoms with Crippen LogP contribution in [0.1, 0.15) is 5.69 Å². The van der Waals surface area contributed by atoms with Gasteiger partial charge >= 0.3 is 6.09 Å². The number of benzene rings is 4. The van der Waals surface area contributed by atoms with E-state index in [9.17, 15) is 4.79 Å². The Kier molecular flexibility index (Phi) is 4.79. The number of nitrogens with zero attached hydrogens (tertiary/aromatic N) is 1. The fraction of sp³-hybridized carbons (Fsp3) is 0.0741. The Labute approximate surface area is 186 Å². The molecule has 1 heterocycles. The lowest BCUT2D eigenvalue weighted by molar-refractivity contribution is 0.183. The SMILES string of the molecule is COC(=O)Nn1c(C)c(-c2ccccc2N)c2c3ccc(-c4ccccc4)cc3ccc21. The summed E-state index contributed by atoms with van der Waals surface area (Å²) < 4.78 is 6.62. The number of hydrogen-bond donors (Lipinski definition) is 2. The van der Waals surface area contributed by atoms with Gasteiger partial charge in [0.25, 0.3) is 0 Å². The average molecular weight is 422 g/mol. The number of nitrogens with two attached hydrogens (primary N) is 1. The molecule has 0 bridgehead atoms. The number of nitrogens with one attached hydrogen (secondary N) is 1. The summed E-state index contributed by atoms with van der Waals surface area (Å²) in [6.45, 7) is 1.97. The number of aromatic nitrogens is 1. The van der Waals surface area contributed by atoms with Crippen LogP contribution in [0.25, 0.3) is 43.9 Å². The van der Waals surface area contributed by atoms with Crippen LogP contribution in [0.3, 0.4) is 0 Å². The Hall–Kier alpha value is -4.25. The van der Waals surface area contributed by atoms with Crippen LogP contribution >= 0.6 is 0 Å². The van der Waals surface area contributed by atoms with Gasteiger partial charge in [0.1, 0.15) is 0 Å². The molecule has 0 spiro atoms. The van der Waals surface area contributed by atoms with Crippen molar-refractivity contribution in [3.05, 3.63) is 90.6 Å². The number of carbonyl (C=O) groups is 1. The quantitative estimate of drug-likeness (QED) is 0.335. The summed E-state index contributed by atoms with van der Waals surface area (Å²) >= 11 is 0. The molecule has 3 N–H and O–H groups in total. The minimum atomic E-state index is -0.530. The van der Waals surface area contributed by atoms with Gasteiger partial charge in [-0.05, 0) is 47.0 Å². The first kappa shape index (κ1) is 19.7. The van der Waals surface area contributed by atoms with Gasteiger partial charge in [0.15, 0.2) is 0 Å². The van der Waals surface area contributed by atoms with Gasteiger partial charge in [0, 0.05) is 27.9 Å². The summed E-state index contributed by atoms with van der Waals surface area (Å²) in [4.78, 5) is 12.1. The van der Waals surface area contributed by atoms with Crippen molar-refractivity contribution in [1.82, 2.24) is 4.68 Å². The van der Waals surface area contributed by atoms with Crippen molar-refractivity contribution in [3.8, 4) is 22.3 Å². The standard InChI is InChI=1S/C27H23N3O2/c1-17-25(22-10-6-7-11-23(22)28)26-21-14-12-19(18-8-4-3-5-9-18)16-20(21)13-15-24(26)30(17)29-27(31)32-2/h3-16H,28H2,1-2H3,(H,29,31). The van der Waals surface area contributed by atoms with Crippen LogP contribution in [-0.2, 0) is 4.74 Å². The molecule has 5 heteroatoms. The number of para-hydroxylation sites is 1. The van der Waals surface area contributed by atoms with E-state index in [-0.39, 0.29) is 0 Å². The molecule has 0 saturated carbocycles. The number of rotatable bonds is 3. The summed E-state index contributed by atoms with van der Waals surface area (Å²) in [6, 6.07) is 28.7. The highest BCUT2D eigenvalue weighted by Gasteiger charge is 2.21. The number of ether oxygens (including phenoxy) is 1. The zero-order chi connectivity index (χ0) is 22.2. The molecule has 0 aliphatic rings. The molecule has 32 heavy (non-hydrogen) atoms. The van der Waals surface area contributed by atoms with Crippen LogP contribution < -0.4 is 11.2 Å². The van der Waals surface area contributed by atoms with Crippen molar-refractivity contribution < 1.29 is 9.53 Å². The maximum Gasteiger partial charge on any atom is 0.426 e. The molecule has 5 nitrogen and oxygen atoms in total. The first-order valence-corrected chi connectivity index (χ1v) is 10.4. The molecule has 1 amide bonds. The molecule has 5 aromatic rings. The van der Waals surface area contributed by atoms with Gasteiger partial charge in [-0.2, -0.15) is 0 Å². The molecular weight excluding hydrogens is 398 g/mol. The van der Waals surface area contributed by atoms with Crippen molar-refractivity contribution in [3.63, 3.8) is 0 Å². The van der Waals surface area contributed by atoms with Gasteiger partial charge in [-0.25, -0.2) is 10.2 Å². The second-order valence-electron chi connectivity index (χ2n) is 7.75. The number of fused-ring (bicyclic) bond motifs is 3. The predicted octanol–water partition coefficient (Wildman–Crippen LogP) is 6.33. The second-order valence-corrected chi connectivity index (χ2v) is 7.75. The highest BCUT2D eigenvalue weighted by molar-refractivity contribution is 6.16. The second kappa shape index (κ2) is 7.78. The van der Waals surface area contributed by atoms with Crippen LogP contribution in [0.15, 0.2) is 84.9 Å². The average Bonchev–Trinajstić information content (AvgIpc) is 3.11. The first-order valence-electron chi connectivity index (χ1n) is 10.4. The Morgan fingerprint density at radius 2 is 1.66 bits per heavy atom. The number of amides is 1. The maximum atomic E-state index is 12.1. The summed E-state index contributed by atoms with van der Waals surface area (Å²) in [6.07, 6.45) is -0.530. The topological polar surface area (TPSA) is 69.3 Å². The minimum absolute atomic E-state index is 0.530. The van der Waals surface area contributed by atoms with E-state index in [1.807, 2.05) is 55.5 Å². The number of methoxy groups -OCH3 is 1. The lowest BCUT2D eigenvalue weighted by atomic mass is 9.95. The predicted molar refractivity (Wildman–Crippen MR) is 131 cm³/mol. The first-order chi connectivity index (χ1) is 15.6. The van der Waals surface area contributed by atoms with Crippen LogP contribution in [0.4, 0.5) is 10.5 Å². The van der Waals surface area contributed by atoms with E-state index in [1.54, 1.807) is 4.68 Å². The Balaban J connectivity index is 1.83. The van der Waals surface area contributed by atoms with E-state index in [0.29, 0.717) is 5.69 Å². The van der Waals surface area contributed by atoms with Crippen molar-refractivity contribution in [2.75, 3.05) is 18.3 Å². The monoisotopic (exact) mass is 421 g/mol. The third-order valence-corrected chi connectivity index (χ3v) is 5.91. The normalized spacial score (nSPS) is 11.1. The van der Waals surface area contributed by atoms with Gasteiger partial charge in [-0.15, -0.1) is 0 Å². The highest BCUT2D eigenvalue weighted by atomic mass is 16.5. The maximum absolute atomic E-state index is 12.1. The molecule has 0 aliphatic carbocycles. The van der Waals surface area contributed by atoms with Gasteiger partial charge in [0.05, 0.1) is 12.6 Å². The number of carbonyl (C=O) groups excluding carboxylic acids is 1. The van der Waals surface area contributed by atoms with E-state index in [2.05, 4.69) is 41.8 Å². The van der Waals surface area contributed by atoms with Crippen LogP contribution in [0.2, 0.25) is 0 Å². The molecule has 5 rings (SSSR count). The van der Waals surface area contributed by atoms with E-state index < -0.39 is 6.09 Å². The van der Waals surface area contributed by atoms with Gasteiger partial charge < -0.3 is 10.5 Å². The minimum Gasteiger partial charge on any atom is -0.452 e. The van der Waals surface area contributed by atoms with Crippen LogP contribution in [-0.4, -0.2) is 17.9 Å². The molecular formula is C27H23N3O2. The summed E-state index contributed by atoms with van der Waals surface area (Å²) in [7, 11) is 1.35. The smallest absolute Gasteiger partial charge is 0.426 e. The van der Waals surface area contributed by atoms with Crippen molar-refractivity contribution in [2.45, 2.75) is 6.92 Å². The molecule has 0 fully saturated rings. The molecule has 0 unspecified atom stereocenters.